The standard InChI is InChI=1S/C21H33N3O2S/c1-16(2)6-5-12-24-13-9-18(10-14-24)23-19(25)21(26,17-7-3-4-8-17)20-22-11-15-27-20/h6,11,15,17-18,26H,3-5,7-10,12-14H2,1-2H3,(H,23,25). The summed E-state index contributed by atoms with van der Waals surface area (Å²) >= 11 is 1.38. The fraction of sp³-hybridized carbons (Fsp3) is 0.714. The first-order valence-corrected chi connectivity index (χ1v) is 11.2. The number of carbonyl (C=O) groups is 1. The Balaban J connectivity index is 1.56. The molecule has 27 heavy (non-hydrogen) atoms. The maximum absolute atomic E-state index is 13.1. The highest BCUT2D eigenvalue weighted by molar-refractivity contribution is 7.09. The molecule has 3 rings (SSSR count). The van der Waals surface area contributed by atoms with Gasteiger partial charge in [0, 0.05) is 43.2 Å². The number of nitrogens with zero attached hydrogens (tertiary/aromatic N) is 2. The van der Waals surface area contributed by atoms with Crippen molar-refractivity contribution in [2.45, 2.75) is 70.4 Å². The third-order valence-corrected chi connectivity index (χ3v) is 6.87. The minimum Gasteiger partial charge on any atom is -0.373 e. The number of hydrogen-bond acceptors (Lipinski definition) is 5. The Bertz CT molecular complexity index is 628. The largest absolute Gasteiger partial charge is 0.373 e. The molecule has 1 amide bonds. The summed E-state index contributed by atoms with van der Waals surface area (Å²) in [6, 6.07) is 0.144. The van der Waals surface area contributed by atoms with Gasteiger partial charge in [0.1, 0.15) is 5.01 Å². The van der Waals surface area contributed by atoms with Crippen LogP contribution in [0.4, 0.5) is 0 Å². The van der Waals surface area contributed by atoms with Crippen LogP contribution in [0.15, 0.2) is 23.2 Å². The van der Waals surface area contributed by atoms with Crippen molar-refractivity contribution in [3.05, 3.63) is 28.2 Å². The summed E-state index contributed by atoms with van der Waals surface area (Å²) in [6.07, 6.45) is 10.9. The number of amides is 1. The van der Waals surface area contributed by atoms with Gasteiger partial charge in [-0.05, 0) is 46.0 Å². The summed E-state index contributed by atoms with van der Waals surface area (Å²) in [6.45, 7) is 7.35. The second-order valence-electron chi connectivity index (χ2n) is 8.24. The molecule has 1 aliphatic heterocycles. The van der Waals surface area contributed by atoms with Gasteiger partial charge in [-0.25, -0.2) is 4.98 Å². The molecular weight excluding hydrogens is 358 g/mol. The van der Waals surface area contributed by atoms with E-state index >= 15 is 0 Å². The van der Waals surface area contributed by atoms with Crippen LogP contribution in [0.2, 0.25) is 0 Å². The van der Waals surface area contributed by atoms with Crippen LogP contribution < -0.4 is 5.32 Å². The second-order valence-corrected chi connectivity index (χ2v) is 9.14. The first-order valence-electron chi connectivity index (χ1n) is 10.3. The molecular formula is C21H33N3O2S. The molecule has 6 heteroatoms. The molecule has 2 aliphatic rings. The van der Waals surface area contributed by atoms with Gasteiger partial charge in [0.25, 0.3) is 5.91 Å². The Morgan fingerprint density at radius 3 is 2.63 bits per heavy atom. The van der Waals surface area contributed by atoms with Crippen molar-refractivity contribution in [3.8, 4) is 0 Å². The molecule has 1 saturated heterocycles. The Labute approximate surface area is 166 Å². The van der Waals surface area contributed by atoms with Crippen LogP contribution in [0, 0.1) is 5.92 Å². The maximum Gasteiger partial charge on any atom is 0.259 e. The van der Waals surface area contributed by atoms with E-state index in [4.69, 9.17) is 0 Å². The fourth-order valence-electron chi connectivity index (χ4n) is 4.34. The first kappa shape index (κ1) is 20.5. The number of nitrogens with one attached hydrogen (secondary N) is 1. The van der Waals surface area contributed by atoms with Gasteiger partial charge in [-0.3, -0.25) is 4.79 Å². The molecule has 1 unspecified atom stereocenters. The molecule has 1 aromatic rings. The van der Waals surface area contributed by atoms with E-state index in [2.05, 4.69) is 35.1 Å². The van der Waals surface area contributed by atoms with Crippen LogP contribution in [0.25, 0.3) is 0 Å². The normalized spacial score (nSPS) is 21.7. The first-order chi connectivity index (χ1) is 13.0. The van der Waals surface area contributed by atoms with Gasteiger partial charge < -0.3 is 15.3 Å². The van der Waals surface area contributed by atoms with E-state index in [1.807, 2.05) is 5.38 Å². The van der Waals surface area contributed by atoms with Crippen LogP contribution >= 0.6 is 11.3 Å². The summed E-state index contributed by atoms with van der Waals surface area (Å²) in [5, 5.41) is 17.0. The number of piperidine rings is 1. The molecule has 1 atom stereocenters. The number of thiazole rings is 1. The van der Waals surface area contributed by atoms with Gasteiger partial charge in [-0.1, -0.05) is 24.5 Å². The number of carbonyl (C=O) groups excluding carboxylic acids is 1. The third-order valence-electron chi connectivity index (χ3n) is 5.97. The van der Waals surface area contributed by atoms with Crippen LogP contribution in [-0.4, -0.2) is 46.6 Å². The van der Waals surface area contributed by atoms with Crippen molar-refractivity contribution in [3.63, 3.8) is 0 Å². The van der Waals surface area contributed by atoms with Crippen molar-refractivity contribution in [2.24, 2.45) is 5.92 Å². The summed E-state index contributed by atoms with van der Waals surface area (Å²) in [5.74, 6) is -0.264. The summed E-state index contributed by atoms with van der Waals surface area (Å²) in [7, 11) is 0. The van der Waals surface area contributed by atoms with E-state index < -0.39 is 5.60 Å². The van der Waals surface area contributed by atoms with E-state index in [0.717, 1.165) is 64.6 Å². The van der Waals surface area contributed by atoms with Gasteiger partial charge in [0.05, 0.1) is 0 Å². The van der Waals surface area contributed by atoms with Crippen molar-refractivity contribution >= 4 is 17.2 Å². The molecule has 5 nitrogen and oxygen atoms in total. The van der Waals surface area contributed by atoms with Crippen molar-refractivity contribution in [1.29, 1.82) is 0 Å². The quantitative estimate of drug-likeness (QED) is 0.699. The number of aromatic nitrogens is 1. The van der Waals surface area contributed by atoms with Crippen molar-refractivity contribution in [2.75, 3.05) is 19.6 Å². The highest BCUT2D eigenvalue weighted by atomic mass is 32.1. The van der Waals surface area contributed by atoms with Crippen LogP contribution in [0.3, 0.4) is 0 Å². The van der Waals surface area contributed by atoms with Gasteiger partial charge in [-0.15, -0.1) is 11.3 Å². The predicted molar refractivity (Wildman–Crippen MR) is 110 cm³/mol. The number of likely N-dealkylation sites (tertiary alicyclic amines) is 1. The van der Waals surface area contributed by atoms with Gasteiger partial charge >= 0.3 is 0 Å². The lowest BCUT2D eigenvalue weighted by atomic mass is 9.85. The zero-order valence-corrected chi connectivity index (χ0v) is 17.4. The average molecular weight is 392 g/mol. The zero-order valence-electron chi connectivity index (χ0n) is 16.6. The lowest BCUT2D eigenvalue weighted by Crippen LogP contribution is -2.54. The fourth-order valence-corrected chi connectivity index (χ4v) is 5.16. The molecule has 1 aliphatic carbocycles. The summed E-state index contributed by atoms with van der Waals surface area (Å²) < 4.78 is 0. The Morgan fingerprint density at radius 2 is 2.04 bits per heavy atom. The smallest absolute Gasteiger partial charge is 0.259 e. The topological polar surface area (TPSA) is 65.5 Å². The minimum absolute atomic E-state index is 0.0205. The van der Waals surface area contributed by atoms with E-state index in [1.165, 1.54) is 16.9 Å². The number of aliphatic hydroxyl groups is 1. The van der Waals surface area contributed by atoms with Crippen molar-refractivity contribution < 1.29 is 9.90 Å². The Kier molecular flexibility index (Phi) is 7.06. The molecule has 2 N–H and O–H groups in total. The molecule has 1 aromatic heterocycles. The monoisotopic (exact) mass is 391 g/mol. The van der Waals surface area contributed by atoms with Gasteiger partial charge in [0.15, 0.2) is 5.60 Å². The second kappa shape index (κ2) is 9.30. The van der Waals surface area contributed by atoms with Gasteiger partial charge in [-0.2, -0.15) is 0 Å². The molecule has 2 heterocycles. The number of hydrogen-bond donors (Lipinski definition) is 2. The van der Waals surface area contributed by atoms with Crippen LogP contribution in [0.5, 0.6) is 0 Å². The van der Waals surface area contributed by atoms with Gasteiger partial charge in [0.2, 0.25) is 0 Å². The SMILES string of the molecule is CC(C)=CCCN1CCC(NC(=O)C(O)(c2nccs2)C2CCCC2)CC1. The molecule has 1 saturated carbocycles. The van der Waals surface area contributed by atoms with Crippen molar-refractivity contribution in [1.82, 2.24) is 15.2 Å². The van der Waals surface area contributed by atoms with Crippen LogP contribution in [0.1, 0.15) is 63.8 Å². The predicted octanol–water partition coefficient (Wildman–Crippen LogP) is 3.46. The number of allylic oxidation sites excluding steroid dienone is 1. The third kappa shape index (κ3) is 4.98. The van der Waals surface area contributed by atoms with E-state index in [-0.39, 0.29) is 17.9 Å². The van der Waals surface area contributed by atoms with Crippen LogP contribution in [-0.2, 0) is 10.4 Å². The minimum atomic E-state index is -1.47. The summed E-state index contributed by atoms with van der Waals surface area (Å²) in [5.41, 5.74) is -0.101. The highest BCUT2D eigenvalue weighted by Crippen LogP contribution is 2.41. The lowest BCUT2D eigenvalue weighted by Gasteiger charge is -2.36. The Morgan fingerprint density at radius 1 is 1.33 bits per heavy atom. The van der Waals surface area contributed by atoms with E-state index in [1.54, 1.807) is 6.20 Å². The molecule has 0 spiro atoms. The molecule has 150 valence electrons. The lowest BCUT2D eigenvalue weighted by molar-refractivity contribution is -0.148. The van der Waals surface area contributed by atoms with E-state index in [9.17, 15) is 9.90 Å². The highest BCUT2D eigenvalue weighted by Gasteiger charge is 2.49. The molecule has 0 radical (unpaired) electrons. The molecule has 0 aromatic carbocycles. The van der Waals surface area contributed by atoms with E-state index in [0.29, 0.717) is 5.01 Å². The number of rotatable bonds is 7. The molecule has 0 bridgehead atoms. The average Bonchev–Trinajstić information content (AvgIpc) is 3.36. The zero-order chi connectivity index (χ0) is 19.3. The maximum atomic E-state index is 13.1. The summed E-state index contributed by atoms with van der Waals surface area (Å²) in [4.78, 5) is 19.9. The molecule has 2 fully saturated rings. The Hall–Kier alpha value is -1.24.